The highest BCUT2D eigenvalue weighted by atomic mass is 15.0. The van der Waals surface area contributed by atoms with Gasteiger partial charge in [-0.05, 0) is 36.2 Å². The third-order valence-electron chi connectivity index (χ3n) is 2.85. The lowest BCUT2D eigenvalue weighted by Gasteiger charge is -2.04. The van der Waals surface area contributed by atoms with Crippen molar-refractivity contribution in [3.05, 3.63) is 42.2 Å². The summed E-state index contributed by atoms with van der Waals surface area (Å²) in [6, 6.07) is 8.04. The number of nitrogen functional groups attached to an aromatic ring is 1. The molecule has 2 heterocycles. The van der Waals surface area contributed by atoms with E-state index in [4.69, 9.17) is 5.73 Å². The Morgan fingerprint density at radius 3 is 2.94 bits per heavy atom. The minimum atomic E-state index is 0.444. The standard InChI is InChI=1S/C13H12N4/c1-8-4-5-15-7-10(8)9-2-3-11-12(6-9)17-13(14)16-11/h2-7H,1H3,(H3,14,16,17). The van der Waals surface area contributed by atoms with Gasteiger partial charge in [0.05, 0.1) is 11.0 Å². The van der Waals surface area contributed by atoms with Crippen LogP contribution >= 0.6 is 0 Å². The van der Waals surface area contributed by atoms with E-state index in [-0.39, 0.29) is 0 Å². The highest BCUT2D eigenvalue weighted by Crippen LogP contribution is 2.25. The molecular weight excluding hydrogens is 212 g/mol. The highest BCUT2D eigenvalue weighted by molar-refractivity contribution is 5.83. The first-order valence-electron chi connectivity index (χ1n) is 5.40. The summed E-state index contributed by atoms with van der Waals surface area (Å²) in [7, 11) is 0. The van der Waals surface area contributed by atoms with Crippen LogP contribution < -0.4 is 5.73 Å². The number of anilines is 1. The van der Waals surface area contributed by atoms with Crippen LogP contribution in [-0.2, 0) is 0 Å². The molecule has 0 saturated carbocycles. The maximum atomic E-state index is 5.63. The van der Waals surface area contributed by atoms with Gasteiger partial charge in [-0.25, -0.2) is 4.98 Å². The van der Waals surface area contributed by atoms with E-state index in [2.05, 4.69) is 21.9 Å². The Kier molecular flexibility index (Phi) is 2.08. The van der Waals surface area contributed by atoms with Crippen molar-refractivity contribution >= 4 is 17.0 Å². The smallest absolute Gasteiger partial charge is 0.198 e. The van der Waals surface area contributed by atoms with Crippen LogP contribution in [0.1, 0.15) is 5.56 Å². The van der Waals surface area contributed by atoms with Gasteiger partial charge in [0, 0.05) is 18.0 Å². The number of aryl methyl sites for hydroxylation is 1. The first kappa shape index (κ1) is 9.84. The van der Waals surface area contributed by atoms with E-state index in [9.17, 15) is 0 Å². The largest absolute Gasteiger partial charge is 0.369 e. The number of fused-ring (bicyclic) bond motifs is 1. The third kappa shape index (κ3) is 1.63. The Morgan fingerprint density at radius 2 is 2.12 bits per heavy atom. The first-order chi connectivity index (χ1) is 8.24. The molecule has 2 aromatic heterocycles. The quantitative estimate of drug-likeness (QED) is 0.667. The maximum absolute atomic E-state index is 5.63. The Bertz CT molecular complexity index is 685. The normalized spacial score (nSPS) is 10.9. The predicted octanol–water partition coefficient (Wildman–Crippen LogP) is 2.52. The molecule has 0 aliphatic carbocycles. The van der Waals surface area contributed by atoms with Crippen LogP contribution in [-0.4, -0.2) is 15.0 Å². The van der Waals surface area contributed by atoms with Crippen molar-refractivity contribution in [2.24, 2.45) is 0 Å². The summed E-state index contributed by atoms with van der Waals surface area (Å²) < 4.78 is 0. The molecule has 0 spiro atoms. The second-order valence-electron chi connectivity index (χ2n) is 4.04. The summed E-state index contributed by atoms with van der Waals surface area (Å²) in [5.74, 6) is 0.444. The number of nitrogens with two attached hydrogens (primary N) is 1. The van der Waals surface area contributed by atoms with Gasteiger partial charge in [-0.1, -0.05) is 6.07 Å². The van der Waals surface area contributed by atoms with Gasteiger partial charge < -0.3 is 10.7 Å². The van der Waals surface area contributed by atoms with Crippen LogP contribution in [0.2, 0.25) is 0 Å². The molecule has 0 unspecified atom stereocenters. The van der Waals surface area contributed by atoms with E-state index < -0.39 is 0 Å². The van der Waals surface area contributed by atoms with E-state index in [0.717, 1.165) is 22.2 Å². The zero-order chi connectivity index (χ0) is 11.8. The molecule has 3 aromatic rings. The number of imidazole rings is 1. The molecule has 84 valence electrons. The van der Waals surface area contributed by atoms with Gasteiger partial charge in [0.1, 0.15) is 0 Å². The average Bonchev–Trinajstić information content (AvgIpc) is 2.68. The zero-order valence-corrected chi connectivity index (χ0v) is 9.44. The summed E-state index contributed by atoms with van der Waals surface area (Å²) in [5.41, 5.74) is 10.9. The maximum Gasteiger partial charge on any atom is 0.198 e. The molecule has 4 nitrogen and oxygen atoms in total. The molecule has 0 bridgehead atoms. The molecule has 0 aliphatic heterocycles. The summed E-state index contributed by atoms with van der Waals surface area (Å²) in [6.45, 7) is 2.07. The molecule has 17 heavy (non-hydrogen) atoms. The fraction of sp³-hybridized carbons (Fsp3) is 0.0769. The average molecular weight is 224 g/mol. The summed E-state index contributed by atoms with van der Waals surface area (Å²) in [5, 5.41) is 0. The predicted molar refractivity (Wildman–Crippen MR) is 68.5 cm³/mol. The molecule has 3 rings (SSSR count). The Labute approximate surface area is 98.5 Å². The van der Waals surface area contributed by atoms with Gasteiger partial charge in [0.25, 0.3) is 0 Å². The van der Waals surface area contributed by atoms with Crippen molar-refractivity contribution in [2.75, 3.05) is 5.73 Å². The minimum absolute atomic E-state index is 0.444. The molecule has 0 atom stereocenters. The number of rotatable bonds is 1. The van der Waals surface area contributed by atoms with E-state index >= 15 is 0 Å². The van der Waals surface area contributed by atoms with E-state index in [0.29, 0.717) is 5.95 Å². The third-order valence-corrected chi connectivity index (χ3v) is 2.85. The van der Waals surface area contributed by atoms with E-state index in [1.807, 2.05) is 30.5 Å². The van der Waals surface area contributed by atoms with Crippen molar-refractivity contribution in [1.82, 2.24) is 15.0 Å². The van der Waals surface area contributed by atoms with Crippen molar-refractivity contribution in [3.8, 4) is 11.1 Å². The lowest BCUT2D eigenvalue weighted by atomic mass is 10.0. The molecule has 4 heteroatoms. The van der Waals surface area contributed by atoms with Crippen molar-refractivity contribution in [3.63, 3.8) is 0 Å². The SMILES string of the molecule is Cc1ccncc1-c1ccc2nc(N)[nH]c2c1. The van der Waals surface area contributed by atoms with Crippen LogP contribution in [0.4, 0.5) is 5.95 Å². The first-order valence-corrected chi connectivity index (χ1v) is 5.40. The van der Waals surface area contributed by atoms with E-state index in [1.165, 1.54) is 5.56 Å². The van der Waals surface area contributed by atoms with Gasteiger partial charge in [-0.15, -0.1) is 0 Å². The van der Waals surface area contributed by atoms with Crippen molar-refractivity contribution in [2.45, 2.75) is 6.92 Å². The lowest BCUT2D eigenvalue weighted by molar-refractivity contribution is 1.29. The number of pyridine rings is 1. The van der Waals surface area contributed by atoms with Gasteiger partial charge in [-0.3, -0.25) is 4.98 Å². The van der Waals surface area contributed by atoms with Crippen LogP contribution in [0.25, 0.3) is 22.2 Å². The van der Waals surface area contributed by atoms with Crippen LogP contribution in [0.3, 0.4) is 0 Å². The molecule has 3 N–H and O–H groups in total. The van der Waals surface area contributed by atoms with Crippen molar-refractivity contribution < 1.29 is 0 Å². The molecule has 0 fully saturated rings. The minimum Gasteiger partial charge on any atom is -0.369 e. The number of aromatic amines is 1. The van der Waals surface area contributed by atoms with Gasteiger partial charge >= 0.3 is 0 Å². The topological polar surface area (TPSA) is 67.6 Å². The van der Waals surface area contributed by atoms with Crippen LogP contribution in [0.5, 0.6) is 0 Å². The zero-order valence-electron chi connectivity index (χ0n) is 9.44. The molecule has 0 saturated heterocycles. The van der Waals surface area contributed by atoms with E-state index in [1.54, 1.807) is 6.20 Å². The fourth-order valence-electron chi connectivity index (χ4n) is 1.96. The molecule has 0 radical (unpaired) electrons. The van der Waals surface area contributed by atoms with Gasteiger partial charge in [0.15, 0.2) is 5.95 Å². The summed E-state index contributed by atoms with van der Waals surface area (Å²) in [6.07, 6.45) is 3.67. The number of nitrogens with zero attached hydrogens (tertiary/aromatic N) is 2. The molecular formula is C13H12N4. The molecule has 0 aliphatic rings. The molecule has 1 aromatic carbocycles. The second kappa shape index (κ2) is 3.59. The number of benzene rings is 1. The monoisotopic (exact) mass is 224 g/mol. The van der Waals surface area contributed by atoms with Gasteiger partial charge in [0.2, 0.25) is 0 Å². The number of aromatic nitrogens is 3. The molecule has 0 amide bonds. The van der Waals surface area contributed by atoms with Crippen molar-refractivity contribution in [1.29, 1.82) is 0 Å². The number of H-pyrrole nitrogens is 1. The Hall–Kier alpha value is -2.36. The number of hydrogen-bond donors (Lipinski definition) is 2. The summed E-state index contributed by atoms with van der Waals surface area (Å²) in [4.78, 5) is 11.4. The Morgan fingerprint density at radius 1 is 1.24 bits per heavy atom. The summed E-state index contributed by atoms with van der Waals surface area (Å²) >= 11 is 0. The van der Waals surface area contributed by atoms with Gasteiger partial charge in [-0.2, -0.15) is 0 Å². The number of nitrogens with one attached hydrogen (secondary N) is 1. The fourth-order valence-corrected chi connectivity index (χ4v) is 1.96. The highest BCUT2D eigenvalue weighted by Gasteiger charge is 2.05. The number of hydrogen-bond acceptors (Lipinski definition) is 3. The second-order valence-corrected chi connectivity index (χ2v) is 4.04. The van der Waals surface area contributed by atoms with Crippen LogP contribution in [0, 0.1) is 6.92 Å². The Balaban J connectivity index is 2.21. The lowest BCUT2D eigenvalue weighted by Crippen LogP contribution is -1.85. The van der Waals surface area contributed by atoms with Crippen LogP contribution in [0.15, 0.2) is 36.7 Å².